The van der Waals surface area contributed by atoms with Crippen LogP contribution < -0.4 is 15.5 Å². The molecule has 1 aromatic carbocycles. The highest BCUT2D eigenvalue weighted by Crippen LogP contribution is 2.29. The molecule has 0 aromatic heterocycles. The van der Waals surface area contributed by atoms with Crippen LogP contribution >= 0.6 is 11.8 Å². The number of cyclic esters (lactones) is 1. The molecule has 0 spiro atoms. The van der Waals surface area contributed by atoms with E-state index in [4.69, 9.17) is 4.74 Å². The first-order chi connectivity index (χ1) is 12.3. The van der Waals surface area contributed by atoms with Crippen molar-refractivity contribution in [3.63, 3.8) is 0 Å². The summed E-state index contributed by atoms with van der Waals surface area (Å²) in [5, 5.41) is 4.13. The van der Waals surface area contributed by atoms with Crippen molar-refractivity contribution in [1.29, 1.82) is 0 Å². The molecule has 3 rings (SSSR count). The molecule has 0 aliphatic carbocycles. The average Bonchev–Trinajstić information content (AvgIpc) is 3.09. The van der Waals surface area contributed by atoms with Gasteiger partial charge in [0, 0.05) is 12.5 Å². The highest BCUT2D eigenvalue weighted by Gasteiger charge is 2.33. The van der Waals surface area contributed by atoms with Gasteiger partial charge in [-0.2, -0.15) is 0 Å². The van der Waals surface area contributed by atoms with Gasteiger partial charge in [-0.05, 0) is 36.0 Å². The lowest BCUT2D eigenvalue weighted by Gasteiger charge is -2.14. The number of ether oxygens (including phenoxy) is 1. The molecule has 26 heavy (non-hydrogen) atoms. The van der Waals surface area contributed by atoms with Crippen LogP contribution in [0.2, 0.25) is 0 Å². The maximum Gasteiger partial charge on any atom is 0.414 e. The number of nitrogens with one attached hydrogen (secondary N) is 2. The van der Waals surface area contributed by atoms with Crippen LogP contribution in [0, 0.1) is 5.82 Å². The van der Waals surface area contributed by atoms with Crippen LogP contribution in [0.15, 0.2) is 23.1 Å². The van der Waals surface area contributed by atoms with E-state index in [1.807, 2.05) is 0 Å². The molecule has 136 valence electrons. The van der Waals surface area contributed by atoms with E-state index in [0.717, 1.165) is 6.07 Å². The van der Waals surface area contributed by atoms with E-state index in [1.54, 1.807) is 0 Å². The lowest BCUT2D eigenvalue weighted by molar-refractivity contribution is -0.119. The molecule has 2 heterocycles. The highest BCUT2D eigenvalue weighted by atomic mass is 32.2. The topological polar surface area (TPSA) is 105 Å². The normalized spacial score (nSPS) is 21.2. The third kappa shape index (κ3) is 3.85. The van der Waals surface area contributed by atoms with Crippen LogP contribution in [0.25, 0.3) is 6.08 Å². The monoisotopic (exact) mass is 379 g/mol. The molecule has 2 aliphatic heterocycles. The fourth-order valence-corrected chi connectivity index (χ4v) is 3.13. The van der Waals surface area contributed by atoms with Crippen molar-refractivity contribution in [2.24, 2.45) is 0 Å². The molecule has 0 unspecified atom stereocenters. The maximum absolute atomic E-state index is 14.4. The summed E-state index contributed by atoms with van der Waals surface area (Å²) in [5.41, 5.74) is 0.406. The minimum Gasteiger partial charge on any atom is -0.442 e. The lowest BCUT2D eigenvalue weighted by Crippen LogP contribution is -2.33. The number of halogens is 1. The second-order valence-corrected chi connectivity index (χ2v) is 6.63. The summed E-state index contributed by atoms with van der Waals surface area (Å²) in [6.45, 7) is 1.70. The first-order valence-electron chi connectivity index (χ1n) is 7.60. The lowest BCUT2D eigenvalue weighted by atomic mass is 10.1. The highest BCUT2D eigenvalue weighted by molar-refractivity contribution is 8.18. The third-order valence-corrected chi connectivity index (χ3v) is 4.49. The molecule has 2 N–H and O–H groups in total. The number of hydrogen-bond acceptors (Lipinski definition) is 6. The molecule has 1 atom stereocenters. The van der Waals surface area contributed by atoms with Crippen molar-refractivity contribution >= 4 is 46.7 Å². The van der Waals surface area contributed by atoms with Crippen LogP contribution in [0.4, 0.5) is 19.7 Å². The molecular formula is C16H14FN3O5S. The molecule has 2 saturated heterocycles. The zero-order chi connectivity index (χ0) is 18.8. The Balaban J connectivity index is 1.74. The quantitative estimate of drug-likeness (QED) is 0.770. The number of anilines is 1. The average molecular weight is 379 g/mol. The van der Waals surface area contributed by atoms with E-state index in [2.05, 4.69) is 10.6 Å². The molecule has 10 heteroatoms. The fourth-order valence-electron chi connectivity index (χ4n) is 2.46. The van der Waals surface area contributed by atoms with E-state index in [1.165, 1.54) is 30.0 Å². The number of thioether (sulfide) groups is 1. The van der Waals surface area contributed by atoms with Gasteiger partial charge in [0.1, 0.15) is 11.9 Å². The van der Waals surface area contributed by atoms with Crippen molar-refractivity contribution in [3.8, 4) is 0 Å². The molecule has 2 fully saturated rings. The Hall–Kier alpha value is -2.88. The third-order valence-electron chi connectivity index (χ3n) is 3.68. The van der Waals surface area contributed by atoms with Crippen molar-refractivity contribution < 1.29 is 28.3 Å². The Labute approximate surface area is 151 Å². The van der Waals surface area contributed by atoms with Gasteiger partial charge < -0.3 is 10.1 Å². The Morgan fingerprint density at radius 3 is 2.85 bits per heavy atom. The molecule has 0 bridgehead atoms. The van der Waals surface area contributed by atoms with Crippen molar-refractivity contribution in [2.45, 2.75) is 13.0 Å². The van der Waals surface area contributed by atoms with Gasteiger partial charge in [-0.3, -0.25) is 24.6 Å². The first-order valence-corrected chi connectivity index (χ1v) is 8.42. The van der Waals surface area contributed by atoms with Crippen LogP contribution in [-0.4, -0.2) is 42.3 Å². The Kier molecular flexibility index (Phi) is 4.94. The summed E-state index contributed by atoms with van der Waals surface area (Å²) >= 11 is 0.691. The van der Waals surface area contributed by atoms with Gasteiger partial charge in [-0.15, -0.1) is 0 Å². The van der Waals surface area contributed by atoms with Crippen LogP contribution in [0.5, 0.6) is 0 Å². The number of hydrogen-bond donors (Lipinski definition) is 2. The standard InChI is InChI=1S/C16H14FN3O5S/c1-8(21)18-6-11-7-20(16(24)25-11)10-3-2-9(12(17)5-10)4-13-14(22)19-15(23)26-13/h2-5,11H,6-7H2,1H3,(H,18,21)(H,19,22,23)/t11-/m0/s1. The Morgan fingerprint density at radius 2 is 2.23 bits per heavy atom. The van der Waals surface area contributed by atoms with Crippen molar-refractivity contribution in [3.05, 3.63) is 34.5 Å². The molecule has 4 amide bonds. The van der Waals surface area contributed by atoms with E-state index >= 15 is 0 Å². The Morgan fingerprint density at radius 1 is 1.46 bits per heavy atom. The van der Waals surface area contributed by atoms with Gasteiger partial charge in [0.05, 0.1) is 23.7 Å². The summed E-state index contributed by atoms with van der Waals surface area (Å²) in [4.78, 5) is 46.9. The van der Waals surface area contributed by atoms with Gasteiger partial charge in [0.25, 0.3) is 11.1 Å². The number of carbonyl (C=O) groups excluding carboxylic acids is 4. The van der Waals surface area contributed by atoms with Gasteiger partial charge in [0.15, 0.2) is 0 Å². The predicted octanol–water partition coefficient (Wildman–Crippen LogP) is 1.61. The summed E-state index contributed by atoms with van der Waals surface area (Å²) in [7, 11) is 0. The summed E-state index contributed by atoms with van der Waals surface area (Å²) in [5.74, 6) is -1.47. The predicted molar refractivity (Wildman–Crippen MR) is 91.8 cm³/mol. The molecule has 2 aliphatic rings. The SMILES string of the molecule is CC(=O)NC[C@H]1CN(c2ccc(C=C3SC(=O)NC3=O)c(F)c2)C(=O)O1. The van der Waals surface area contributed by atoms with Crippen LogP contribution in [0.3, 0.4) is 0 Å². The summed E-state index contributed by atoms with van der Waals surface area (Å²) in [6.07, 6.45) is 0.106. The molecule has 8 nitrogen and oxygen atoms in total. The molecule has 0 saturated carbocycles. The van der Waals surface area contributed by atoms with Gasteiger partial charge in [0.2, 0.25) is 5.91 Å². The minimum atomic E-state index is -0.652. The number of nitrogens with zero attached hydrogens (tertiary/aromatic N) is 1. The maximum atomic E-state index is 14.4. The molecular weight excluding hydrogens is 365 g/mol. The second-order valence-electron chi connectivity index (χ2n) is 5.61. The summed E-state index contributed by atoms with van der Waals surface area (Å²) in [6, 6.07) is 4.06. The van der Waals surface area contributed by atoms with Gasteiger partial charge >= 0.3 is 6.09 Å². The second kappa shape index (κ2) is 7.16. The number of rotatable bonds is 4. The van der Waals surface area contributed by atoms with E-state index in [-0.39, 0.29) is 29.5 Å². The largest absolute Gasteiger partial charge is 0.442 e. The number of benzene rings is 1. The number of imide groups is 1. The first kappa shape index (κ1) is 17.9. The van der Waals surface area contributed by atoms with Gasteiger partial charge in [-0.25, -0.2) is 9.18 Å². The van der Waals surface area contributed by atoms with Crippen molar-refractivity contribution in [2.75, 3.05) is 18.0 Å². The minimum absolute atomic E-state index is 0.0950. The fraction of sp³-hybridized carbons (Fsp3) is 0.250. The zero-order valence-corrected chi connectivity index (χ0v) is 14.4. The van der Waals surface area contributed by atoms with Gasteiger partial charge in [-0.1, -0.05) is 0 Å². The van der Waals surface area contributed by atoms with E-state index in [9.17, 15) is 23.6 Å². The number of amides is 4. The van der Waals surface area contributed by atoms with E-state index in [0.29, 0.717) is 17.4 Å². The zero-order valence-electron chi connectivity index (χ0n) is 13.6. The van der Waals surface area contributed by atoms with Crippen LogP contribution in [-0.2, 0) is 14.3 Å². The van der Waals surface area contributed by atoms with Crippen LogP contribution in [0.1, 0.15) is 12.5 Å². The Bertz CT molecular complexity index is 841. The van der Waals surface area contributed by atoms with Crippen molar-refractivity contribution in [1.82, 2.24) is 10.6 Å². The molecule has 1 aromatic rings. The van der Waals surface area contributed by atoms with E-state index < -0.39 is 29.2 Å². The number of carbonyl (C=O) groups is 4. The smallest absolute Gasteiger partial charge is 0.414 e. The summed E-state index contributed by atoms with van der Waals surface area (Å²) < 4.78 is 19.5. The molecule has 0 radical (unpaired) electrons.